The smallest absolute Gasteiger partial charge is 0.207 e. The van der Waals surface area contributed by atoms with E-state index in [0.717, 1.165) is 24.8 Å². The molecule has 1 aromatic carbocycles. The summed E-state index contributed by atoms with van der Waals surface area (Å²) in [6, 6.07) is 8.41. The highest BCUT2D eigenvalue weighted by Crippen LogP contribution is 2.39. The Morgan fingerprint density at radius 3 is 2.65 bits per heavy atom. The summed E-state index contributed by atoms with van der Waals surface area (Å²) < 4.78 is 28.4. The Kier molecular flexibility index (Phi) is 4.06. The van der Waals surface area contributed by atoms with Crippen molar-refractivity contribution >= 4 is 16.1 Å². The van der Waals surface area contributed by atoms with Crippen LogP contribution in [0, 0.1) is 5.92 Å². The van der Waals surface area contributed by atoms with Gasteiger partial charge >= 0.3 is 0 Å². The molecule has 2 atom stereocenters. The van der Waals surface area contributed by atoms with Gasteiger partial charge in [-0.05, 0) is 61.6 Å². The maximum Gasteiger partial charge on any atom is 0.239 e. The molecule has 0 bridgehead atoms. The van der Waals surface area contributed by atoms with Crippen LogP contribution in [-0.2, 0) is 16.4 Å². The third-order valence-electron chi connectivity index (χ3n) is 5.84. The van der Waals surface area contributed by atoms with Crippen molar-refractivity contribution in [1.29, 1.82) is 0 Å². The molecule has 0 N–H and O–H groups in total. The Hall–Kier alpha value is -1.13. The molecule has 4 heteroatoms. The Morgan fingerprint density at radius 2 is 1.74 bits per heavy atom. The molecule has 124 valence electrons. The summed E-state index contributed by atoms with van der Waals surface area (Å²) in [6.45, 7) is 0.711. The number of piperidine rings is 1. The Morgan fingerprint density at radius 1 is 0.957 bits per heavy atom. The average Bonchev–Trinajstić information content (AvgIpc) is 2.60. The van der Waals surface area contributed by atoms with Crippen molar-refractivity contribution < 1.29 is 8.42 Å². The second-order valence-electron chi connectivity index (χ2n) is 7.18. The lowest BCUT2D eigenvalue weighted by Gasteiger charge is -2.43. The summed E-state index contributed by atoms with van der Waals surface area (Å²) in [5, 5.41) is 0. The first-order valence-corrected chi connectivity index (χ1v) is 10.4. The molecule has 3 aliphatic rings. The van der Waals surface area contributed by atoms with E-state index >= 15 is 0 Å². The van der Waals surface area contributed by atoms with Gasteiger partial charge in [-0.25, -0.2) is 8.42 Å². The van der Waals surface area contributed by atoms with Crippen LogP contribution in [0.4, 0.5) is 0 Å². The van der Waals surface area contributed by atoms with Gasteiger partial charge in [0.05, 0.1) is 4.91 Å². The van der Waals surface area contributed by atoms with Crippen LogP contribution in [-0.4, -0.2) is 25.3 Å². The van der Waals surface area contributed by atoms with Crippen molar-refractivity contribution in [1.82, 2.24) is 4.31 Å². The maximum absolute atomic E-state index is 13.3. The van der Waals surface area contributed by atoms with Gasteiger partial charge in [0.15, 0.2) is 0 Å². The highest BCUT2D eigenvalue weighted by Gasteiger charge is 2.40. The zero-order chi connectivity index (χ0) is 15.9. The molecule has 4 rings (SSSR count). The normalized spacial score (nSPS) is 28.6. The van der Waals surface area contributed by atoms with Crippen molar-refractivity contribution in [3.05, 3.63) is 40.3 Å². The van der Waals surface area contributed by atoms with Crippen molar-refractivity contribution in [2.24, 2.45) is 5.92 Å². The third-order valence-corrected chi connectivity index (χ3v) is 7.90. The summed E-state index contributed by atoms with van der Waals surface area (Å²) in [5.41, 5.74) is 2.34. The number of fused-ring (bicyclic) bond motifs is 2. The predicted molar refractivity (Wildman–Crippen MR) is 93.3 cm³/mol. The van der Waals surface area contributed by atoms with Crippen LogP contribution in [0.25, 0.3) is 6.08 Å². The van der Waals surface area contributed by atoms with Gasteiger partial charge in [0.2, 0.25) is 10.0 Å². The average molecular weight is 331 g/mol. The van der Waals surface area contributed by atoms with Gasteiger partial charge < -0.3 is 0 Å². The molecular formula is C19H25NO2S. The van der Waals surface area contributed by atoms with E-state index in [9.17, 15) is 8.42 Å². The second kappa shape index (κ2) is 6.06. The first-order valence-electron chi connectivity index (χ1n) is 8.96. The van der Waals surface area contributed by atoms with E-state index in [0.29, 0.717) is 23.8 Å². The van der Waals surface area contributed by atoms with E-state index in [1.807, 2.05) is 28.6 Å². The van der Waals surface area contributed by atoms with E-state index < -0.39 is 10.0 Å². The molecule has 0 spiro atoms. The van der Waals surface area contributed by atoms with Crippen molar-refractivity contribution in [3.63, 3.8) is 0 Å². The second-order valence-corrected chi connectivity index (χ2v) is 9.12. The predicted octanol–water partition coefficient (Wildman–Crippen LogP) is 3.96. The maximum atomic E-state index is 13.3. The highest BCUT2D eigenvalue weighted by molar-refractivity contribution is 7.93. The van der Waals surface area contributed by atoms with E-state index in [4.69, 9.17) is 0 Å². The molecule has 1 heterocycles. The van der Waals surface area contributed by atoms with Crippen LogP contribution in [0.3, 0.4) is 0 Å². The number of benzene rings is 1. The van der Waals surface area contributed by atoms with Gasteiger partial charge in [-0.1, -0.05) is 37.1 Å². The van der Waals surface area contributed by atoms with Gasteiger partial charge in [-0.3, -0.25) is 0 Å². The van der Waals surface area contributed by atoms with Crippen LogP contribution >= 0.6 is 0 Å². The quantitative estimate of drug-likeness (QED) is 0.822. The summed E-state index contributed by atoms with van der Waals surface area (Å²) in [4.78, 5) is 0.627. The zero-order valence-corrected chi connectivity index (χ0v) is 14.4. The molecule has 0 amide bonds. The largest absolute Gasteiger partial charge is 0.239 e. The first kappa shape index (κ1) is 15.4. The van der Waals surface area contributed by atoms with Crippen LogP contribution < -0.4 is 0 Å². The van der Waals surface area contributed by atoms with E-state index in [2.05, 4.69) is 6.07 Å². The molecule has 0 unspecified atom stereocenters. The van der Waals surface area contributed by atoms with E-state index in [1.165, 1.54) is 31.2 Å². The van der Waals surface area contributed by atoms with Gasteiger partial charge in [0.1, 0.15) is 0 Å². The lowest BCUT2D eigenvalue weighted by Crippen LogP contribution is -2.49. The van der Waals surface area contributed by atoms with E-state index in [-0.39, 0.29) is 6.04 Å². The summed E-state index contributed by atoms with van der Waals surface area (Å²) in [7, 11) is -3.30. The topological polar surface area (TPSA) is 37.4 Å². The minimum atomic E-state index is -3.30. The highest BCUT2D eigenvalue weighted by atomic mass is 32.2. The van der Waals surface area contributed by atoms with Gasteiger partial charge in [-0.2, -0.15) is 4.31 Å². The molecule has 1 aliphatic heterocycles. The third kappa shape index (κ3) is 2.76. The number of nitrogens with zero attached hydrogens (tertiary/aromatic N) is 1. The van der Waals surface area contributed by atoms with Crippen molar-refractivity contribution in [2.75, 3.05) is 6.54 Å². The van der Waals surface area contributed by atoms with Crippen LogP contribution in [0.15, 0.2) is 29.2 Å². The fourth-order valence-electron chi connectivity index (χ4n) is 4.64. The number of sulfonamides is 1. The van der Waals surface area contributed by atoms with Crippen LogP contribution in [0.5, 0.6) is 0 Å². The number of hydrogen-bond donors (Lipinski definition) is 0. The van der Waals surface area contributed by atoms with Gasteiger partial charge in [0.25, 0.3) is 0 Å². The number of hydrogen-bond acceptors (Lipinski definition) is 2. The molecule has 3 nitrogen and oxygen atoms in total. The molecule has 1 aromatic rings. The lowest BCUT2D eigenvalue weighted by molar-refractivity contribution is 0.130. The Labute approximate surface area is 139 Å². The fourth-order valence-corrected chi connectivity index (χ4v) is 6.58. The van der Waals surface area contributed by atoms with Gasteiger partial charge in [-0.15, -0.1) is 0 Å². The molecule has 0 aromatic heterocycles. The molecule has 1 saturated heterocycles. The lowest BCUT2D eigenvalue weighted by atomic mass is 9.79. The van der Waals surface area contributed by atoms with Crippen molar-refractivity contribution in [2.45, 2.75) is 57.4 Å². The Balaban J connectivity index is 1.66. The van der Waals surface area contributed by atoms with E-state index in [1.54, 1.807) is 0 Å². The van der Waals surface area contributed by atoms with Gasteiger partial charge in [0, 0.05) is 12.6 Å². The molecule has 23 heavy (non-hydrogen) atoms. The zero-order valence-electron chi connectivity index (χ0n) is 13.6. The number of allylic oxidation sites excluding steroid dienone is 1. The fraction of sp³-hybridized carbons (Fsp3) is 0.579. The molecule has 1 saturated carbocycles. The molecular weight excluding hydrogens is 306 g/mol. The molecule has 0 radical (unpaired) electrons. The summed E-state index contributed by atoms with van der Waals surface area (Å²) in [6.07, 6.45) is 10.3. The SMILES string of the molecule is O=S(=O)(C1=Cc2ccccc2CC1)N1CCC[C@H]2CCCC[C@H]21. The summed E-state index contributed by atoms with van der Waals surface area (Å²) >= 11 is 0. The van der Waals surface area contributed by atoms with Crippen LogP contribution in [0.1, 0.15) is 56.1 Å². The number of rotatable bonds is 2. The minimum Gasteiger partial charge on any atom is -0.207 e. The standard InChI is InChI=1S/C19H25NO2S/c21-23(22,18-12-11-15-6-1-2-8-17(15)14-18)20-13-5-9-16-7-3-4-10-19(16)20/h1-2,6,8,14,16,19H,3-5,7,9-13H2/t16-,19-/m1/s1. The van der Waals surface area contributed by atoms with Crippen molar-refractivity contribution in [3.8, 4) is 0 Å². The monoisotopic (exact) mass is 331 g/mol. The Bertz CT molecular complexity index is 721. The molecule has 2 aliphatic carbocycles. The number of aryl methyl sites for hydroxylation is 1. The summed E-state index contributed by atoms with van der Waals surface area (Å²) in [5.74, 6) is 0.587. The first-order chi connectivity index (χ1) is 11.2. The molecule has 2 fully saturated rings. The van der Waals surface area contributed by atoms with Crippen LogP contribution in [0.2, 0.25) is 0 Å². The minimum absolute atomic E-state index is 0.251.